The van der Waals surface area contributed by atoms with Crippen molar-refractivity contribution in [2.45, 2.75) is 24.9 Å². The van der Waals surface area contributed by atoms with Gasteiger partial charge in [-0.2, -0.15) is 11.8 Å². The molecule has 7 heteroatoms. The lowest BCUT2D eigenvalue weighted by molar-refractivity contribution is -0.142. The summed E-state index contributed by atoms with van der Waals surface area (Å²) in [6.45, 7) is 0.246. The van der Waals surface area contributed by atoms with E-state index in [9.17, 15) is 14.4 Å². The van der Waals surface area contributed by atoms with Gasteiger partial charge in [-0.15, -0.1) is 0 Å². The molecule has 2 aliphatic heterocycles. The topological polar surface area (TPSA) is 75.7 Å². The molecule has 3 amide bonds. The maximum Gasteiger partial charge on any atom is 0.240 e. The second kappa shape index (κ2) is 5.92. The van der Waals surface area contributed by atoms with Gasteiger partial charge in [0.25, 0.3) is 0 Å². The molecule has 2 fully saturated rings. The third-order valence-corrected chi connectivity index (χ3v) is 4.79. The molecule has 0 aliphatic carbocycles. The Hall–Kier alpha value is -1.08. The Balaban J connectivity index is 1.81. The highest BCUT2D eigenvalue weighted by Crippen LogP contribution is 2.30. The average Bonchev–Trinajstić information content (AvgIpc) is 2.99. The van der Waals surface area contributed by atoms with Crippen LogP contribution in [0.25, 0.3) is 0 Å². The predicted molar refractivity (Wildman–Crippen MR) is 70.6 cm³/mol. The molecule has 0 bridgehead atoms. The zero-order chi connectivity index (χ0) is 13.9. The lowest BCUT2D eigenvalue weighted by Gasteiger charge is -2.27. The van der Waals surface area contributed by atoms with Crippen LogP contribution in [-0.4, -0.2) is 59.9 Å². The van der Waals surface area contributed by atoms with Crippen molar-refractivity contribution in [3.63, 3.8) is 0 Å². The van der Waals surface area contributed by atoms with Gasteiger partial charge in [0, 0.05) is 32.2 Å². The number of hydrogen-bond acceptors (Lipinski definition) is 5. The van der Waals surface area contributed by atoms with Crippen LogP contribution in [0.4, 0.5) is 0 Å². The summed E-state index contributed by atoms with van der Waals surface area (Å²) in [6, 6.07) is 0. The van der Waals surface area contributed by atoms with E-state index in [-0.39, 0.29) is 42.7 Å². The van der Waals surface area contributed by atoms with Crippen molar-refractivity contribution in [2.75, 3.05) is 31.7 Å². The molecular formula is C12H18N2O4S. The lowest BCUT2D eigenvalue weighted by Crippen LogP contribution is -2.48. The molecule has 0 aromatic carbocycles. The molecule has 2 heterocycles. The number of carbonyl (C=O) groups excluding carboxylic acids is 3. The predicted octanol–water partition coefficient (Wildman–Crippen LogP) is -0.226. The zero-order valence-corrected chi connectivity index (χ0v) is 11.8. The van der Waals surface area contributed by atoms with Crippen LogP contribution in [0.1, 0.15) is 19.3 Å². The van der Waals surface area contributed by atoms with E-state index in [1.165, 1.54) is 0 Å². The van der Waals surface area contributed by atoms with Crippen LogP contribution < -0.4 is 5.32 Å². The Morgan fingerprint density at radius 2 is 2.11 bits per heavy atom. The van der Waals surface area contributed by atoms with Crippen molar-refractivity contribution in [3.05, 3.63) is 0 Å². The number of hydrogen-bond donors (Lipinski definition) is 1. The molecule has 0 radical (unpaired) electrons. The van der Waals surface area contributed by atoms with Gasteiger partial charge in [-0.25, -0.2) is 0 Å². The highest BCUT2D eigenvalue weighted by molar-refractivity contribution is 7.99. The minimum atomic E-state index is -0.308. The van der Waals surface area contributed by atoms with E-state index in [4.69, 9.17) is 4.74 Å². The molecule has 0 unspecified atom stereocenters. The van der Waals surface area contributed by atoms with Crippen molar-refractivity contribution in [2.24, 2.45) is 0 Å². The Kier molecular flexibility index (Phi) is 4.46. The lowest BCUT2D eigenvalue weighted by atomic mass is 10.0. The van der Waals surface area contributed by atoms with Gasteiger partial charge in [0.15, 0.2) is 0 Å². The quantitative estimate of drug-likeness (QED) is 0.707. The molecule has 6 nitrogen and oxygen atoms in total. The monoisotopic (exact) mass is 286 g/mol. The Morgan fingerprint density at radius 1 is 1.42 bits per heavy atom. The van der Waals surface area contributed by atoms with Crippen molar-refractivity contribution in [1.82, 2.24) is 10.2 Å². The molecule has 2 aliphatic rings. The highest BCUT2D eigenvalue weighted by Gasteiger charge is 2.35. The third-order valence-electron chi connectivity index (χ3n) is 3.56. The van der Waals surface area contributed by atoms with E-state index in [0.29, 0.717) is 6.54 Å². The first-order valence-electron chi connectivity index (χ1n) is 6.29. The second-order valence-corrected chi connectivity index (χ2v) is 5.95. The van der Waals surface area contributed by atoms with Crippen LogP contribution >= 0.6 is 11.8 Å². The van der Waals surface area contributed by atoms with Crippen LogP contribution in [0.3, 0.4) is 0 Å². The summed E-state index contributed by atoms with van der Waals surface area (Å²) in [5.41, 5.74) is -0.306. The van der Waals surface area contributed by atoms with Crippen LogP contribution in [0.5, 0.6) is 0 Å². The number of ether oxygens (including phenoxy) is 1. The molecule has 1 N–H and O–H groups in total. The molecule has 0 spiro atoms. The zero-order valence-electron chi connectivity index (χ0n) is 10.9. The normalized spacial score (nSPS) is 27.1. The van der Waals surface area contributed by atoms with E-state index < -0.39 is 0 Å². The highest BCUT2D eigenvalue weighted by atomic mass is 32.2. The van der Waals surface area contributed by atoms with Gasteiger partial charge < -0.3 is 10.1 Å². The molecule has 0 aromatic heterocycles. The Morgan fingerprint density at radius 3 is 2.63 bits per heavy atom. The van der Waals surface area contributed by atoms with Crippen molar-refractivity contribution < 1.29 is 19.1 Å². The van der Waals surface area contributed by atoms with Gasteiger partial charge >= 0.3 is 0 Å². The van der Waals surface area contributed by atoms with E-state index in [0.717, 1.165) is 22.8 Å². The Bertz CT molecular complexity index is 377. The van der Waals surface area contributed by atoms with E-state index >= 15 is 0 Å². The van der Waals surface area contributed by atoms with E-state index in [1.54, 1.807) is 18.9 Å². The standard InChI is InChI=1S/C12H18N2O4S/c1-18-12(4-5-19-8-12)7-13-9(15)6-14-10(16)2-3-11(14)17/h2-8H2,1H3,(H,13,15)/t12-/m1/s1. The summed E-state index contributed by atoms with van der Waals surface area (Å²) in [7, 11) is 1.64. The number of thioether (sulfide) groups is 1. The maximum absolute atomic E-state index is 11.8. The maximum atomic E-state index is 11.8. The van der Waals surface area contributed by atoms with Gasteiger partial charge in [-0.05, 0) is 12.2 Å². The number of nitrogens with one attached hydrogen (secondary N) is 1. The summed E-state index contributed by atoms with van der Waals surface area (Å²) in [4.78, 5) is 35.6. The first-order chi connectivity index (χ1) is 9.06. The van der Waals surface area contributed by atoms with Crippen LogP contribution in [0.2, 0.25) is 0 Å². The fraction of sp³-hybridized carbons (Fsp3) is 0.750. The molecule has 19 heavy (non-hydrogen) atoms. The number of nitrogens with zero attached hydrogens (tertiary/aromatic N) is 1. The molecular weight excluding hydrogens is 268 g/mol. The SMILES string of the molecule is CO[C@@]1(CNC(=O)CN2C(=O)CCC2=O)CCSC1. The summed E-state index contributed by atoms with van der Waals surface area (Å²) >= 11 is 1.80. The minimum absolute atomic E-state index is 0.176. The molecule has 2 saturated heterocycles. The van der Waals surface area contributed by atoms with E-state index in [2.05, 4.69) is 5.32 Å². The Labute approximate surface area is 116 Å². The van der Waals surface area contributed by atoms with Crippen LogP contribution in [0.15, 0.2) is 0 Å². The number of carbonyl (C=O) groups is 3. The second-order valence-electron chi connectivity index (χ2n) is 4.84. The van der Waals surface area contributed by atoms with Gasteiger partial charge in [-0.3, -0.25) is 19.3 Å². The third kappa shape index (κ3) is 3.27. The fourth-order valence-electron chi connectivity index (χ4n) is 2.22. The van der Waals surface area contributed by atoms with Crippen LogP contribution in [0, 0.1) is 0 Å². The fourth-order valence-corrected chi connectivity index (χ4v) is 3.62. The van der Waals surface area contributed by atoms with Gasteiger partial charge in [0.1, 0.15) is 6.54 Å². The molecule has 2 rings (SSSR count). The molecule has 0 aromatic rings. The largest absolute Gasteiger partial charge is 0.376 e. The molecule has 106 valence electrons. The van der Waals surface area contributed by atoms with Crippen LogP contribution in [-0.2, 0) is 19.1 Å². The van der Waals surface area contributed by atoms with E-state index in [1.807, 2.05) is 0 Å². The summed E-state index contributed by atoms with van der Waals surface area (Å²) in [5.74, 6) is 1.03. The minimum Gasteiger partial charge on any atom is -0.376 e. The summed E-state index contributed by atoms with van der Waals surface area (Å²) < 4.78 is 5.48. The van der Waals surface area contributed by atoms with Gasteiger partial charge in [-0.1, -0.05) is 0 Å². The molecule has 1 atom stereocenters. The van der Waals surface area contributed by atoms with Crippen molar-refractivity contribution in [1.29, 1.82) is 0 Å². The number of rotatable bonds is 5. The number of likely N-dealkylation sites (tertiary alicyclic amines) is 1. The number of amides is 3. The number of imide groups is 1. The smallest absolute Gasteiger partial charge is 0.240 e. The van der Waals surface area contributed by atoms with Crippen molar-refractivity contribution >= 4 is 29.5 Å². The number of methoxy groups -OCH3 is 1. The van der Waals surface area contributed by atoms with Gasteiger partial charge in [0.05, 0.1) is 5.60 Å². The summed E-state index contributed by atoms with van der Waals surface area (Å²) in [5, 5.41) is 2.76. The first-order valence-corrected chi connectivity index (χ1v) is 7.45. The first kappa shape index (κ1) is 14.3. The summed E-state index contributed by atoms with van der Waals surface area (Å²) in [6.07, 6.45) is 1.32. The average molecular weight is 286 g/mol. The van der Waals surface area contributed by atoms with Gasteiger partial charge in [0.2, 0.25) is 17.7 Å². The molecule has 0 saturated carbocycles. The van der Waals surface area contributed by atoms with Crippen molar-refractivity contribution in [3.8, 4) is 0 Å².